The average Bonchev–Trinajstić information content (AvgIpc) is 3.12. The number of carbonyl (C=O) groups is 3. The molecule has 1 N–H and O–H groups in total. The molecule has 1 aromatic rings. The van der Waals surface area contributed by atoms with Crippen molar-refractivity contribution in [3.8, 4) is 0 Å². The van der Waals surface area contributed by atoms with Gasteiger partial charge in [-0.25, -0.2) is 8.42 Å². The summed E-state index contributed by atoms with van der Waals surface area (Å²) in [4.78, 5) is 37.8. The molecular formula is C19H20N2O5S2. The van der Waals surface area contributed by atoms with E-state index in [0.717, 1.165) is 22.2 Å². The van der Waals surface area contributed by atoms with Crippen LogP contribution in [0.3, 0.4) is 0 Å². The van der Waals surface area contributed by atoms with Crippen molar-refractivity contribution in [3.05, 3.63) is 53.0 Å². The lowest BCUT2D eigenvalue weighted by Gasteiger charge is -2.14. The van der Waals surface area contributed by atoms with E-state index in [0.29, 0.717) is 11.3 Å². The van der Waals surface area contributed by atoms with Crippen LogP contribution in [-0.4, -0.2) is 54.5 Å². The monoisotopic (exact) mass is 420 g/mol. The molecule has 1 unspecified atom stereocenters. The third kappa shape index (κ3) is 5.32. The molecular weight excluding hydrogens is 400 g/mol. The van der Waals surface area contributed by atoms with Gasteiger partial charge in [0.05, 0.1) is 16.4 Å². The predicted molar refractivity (Wildman–Crippen MR) is 108 cm³/mol. The summed E-state index contributed by atoms with van der Waals surface area (Å²) in [5.41, 5.74) is 0.976. The number of amides is 3. The molecule has 0 aromatic heterocycles. The summed E-state index contributed by atoms with van der Waals surface area (Å²) in [5.74, 6) is -0.780. The van der Waals surface area contributed by atoms with Crippen LogP contribution in [0, 0.1) is 0 Å². The fraction of sp³-hybridized carbons (Fsp3) is 0.316. The van der Waals surface area contributed by atoms with Gasteiger partial charge in [-0.05, 0) is 29.8 Å². The van der Waals surface area contributed by atoms with E-state index in [9.17, 15) is 22.8 Å². The fourth-order valence-electron chi connectivity index (χ4n) is 2.94. The number of allylic oxidation sites excluding steroid dienone is 2. The average molecular weight is 421 g/mol. The summed E-state index contributed by atoms with van der Waals surface area (Å²) >= 11 is 0.838. The first-order chi connectivity index (χ1) is 13.3. The van der Waals surface area contributed by atoms with Crippen molar-refractivity contribution in [3.63, 3.8) is 0 Å². The van der Waals surface area contributed by atoms with Gasteiger partial charge in [0.15, 0.2) is 9.84 Å². The molecule has 2 heterocycles. The van der Waals surface area contributed by atoms with Crippen LogP contribution in [0.1, 0.15) is 18.4 Å². The smallest absolute Gasteiger partial charge is 0.293 e. The number of nitrogens with one attached hydrogen (secondary N) is 1. The first kappa shape index (κ1) is 20.3. The molecule has 2 saturated heterocycles. The molecule has 0 bridgehead atoms. The Morgan fingerprint density at radius 2 is 2.00 bits per heavy atom. The van der Waals surface area contributed by atoms with Crippen molar-refractivity contribution in [2.24, 2.45) is 0 Å². The zero-order valence-electron chi connectivity index (χ0n) is 15.0. The molecule has 0 spiro atoms. The van der Waals surface area contributed by atoms with Crippen LogP contribution >= 0.6 is 11.8 Å². The first-order valence-electron chi connectivity index (χ1n) is 8.81. The van der Waals surface area contributed by atoms with Crippen molar-refractivity contribution in [2.45, 2.75) is 18.9 Å². The highest BCUT2D eigenvalue weighted by Crippen LogP contribution is 2.30. The van der Waals surface area contributed by atoms with Gasteiger partial charge in [0.25, 0.3) is 11.1 Å². The number of rotatable bonds is 6. The number of thioether (sulfide) groups is 1. The predicted octanol–water partition coefficient (Wildman–Crippen LogP) is 1.97. The summed E-state index contributed by atoms with van der Waals surface area (Å²) in [7, 11) is -3.08. The van der Waals surface area contributed by atoms with Gasteiger partial charge in [-0.3, -0.25) is 19.3 Å². The van der Waals surface area contributed by atoms with Crippen LogP contribution in [0.15, 0.2) is 47.4 Å². The molecule has 9 heteroatoms. The quantitative estimate of drug-likeness (QED) is 0.706. The number of carbonyl (C=O) groups excluding carboxylic acids is 3. The minimum Gasteiger partial charge on any atom is -0.352 e. The largest absolute Gasteiger partial charge is 0.352 e. The van der Waals surface area contributed by atoms with Crippen molar-refractivity contribution in [2.75, 3.05) is 18.1 Å². The lowest BCUT2D eigenvalue weighted by Crippen LogP contribution is -2.38. The maximum atomic E-state index is 12.4. The number of nitrogens with zero attached hydrogens (tertiary/aromatic N) is 1. The van der Waals surface area contributed by atoms with Crippen LogP contribution in [0.2, 0.25) is 0 Å². The van der Waals surface area contributed by atoms with Crippen molar-refractivity contribution < 1.29 is 22.8 Å². The molecule has 2 aliphatic heterocycles. The van der Waals surface area contributed by atoms with Gasteiger partial charge in [0.2, 0.25) is 5.91 Å². The summed E-state index contributed by atoms with van der Waals surface area (Å²) in [6.07, 6.45) is 5.46. The Bertz CT molecular complexity index is 938. The minimum absolute atomic E-state index is 0.0320. The molecule has 148 valence electrons. The number of hydrogen-bond acceptors (Lipinski definition) is 6. The van der Waals surface area contributed by atoms with E-state index in [2.05, 4.69) is 5.32 Å². The topological polar surface area (TPSA) is 101 Å². The van der Waals surface area contributed by atoms with Gasteiger partial charge in [-0.15, -0.1) is 0 Å². The Kier molecular flexibility index (Phi) is 6.35. The highest BCUT2D eigenvalue weighted by Gasteiger charge is 2.35. The van der Waals surface area contributed by atoms with Crippen LogP contribution in [-0.2, 0) is 19.4 Å². The van der Waals surface area contributed by atoms with E-state index in [1.807, 2.05) is 36.4 Å². The molecule has 0 radical (unpaired) electrons. The normalized spacial score (nSPS) is 23.1. The molecule has 0 aliphatic carbocycles. The molecule has 1 atom stereocenters. The van der Waals surface area contributed by atoms with Crippen molar-refractivity contribution in [1.82, 2.24) is 10.2 Å². The van der Waals surface area contributed by atoms with Gasteiger partial charge in [-0.2, -0.15) is 0 Å². The third-order valence-electron chi connectivity index (χ3n) is 4.37. The SMILES string of the molecule is O=C(CCN1C(=O)SC(=CC=Cc2ccccc2)C1=O)NC1CCS(=O)(=O)C1. The zero-order chi connectivity index (χ0) is 20.1. The third-order valence-corrected chi connectivity index (χ3v) is 7.06. The second-order valence-electron chi connectivity index (χ2n) is 6.54. The van der Waals surface area contributed by atoms with Crippen LogP contribution in [0.4, 0.5) is 4.79 Å². The Morgan fingerprint density at radius 1 is 1.25 bits per heavy atom. The van der Waals surface area contributed by atoms with Gasteiger partial charge in [0.1, 0.15) is 0 Å². The lowest BCUT2D eigenvalue weighted by atomic mass is 10.2. The van der Waals surface area contributed by atoms with Gasteiger partial charge in [-0.1, -0.05) is 42.5 Å². The van der Waals surface area contributed by atoms with E-state index in [-0.39, 0.29) is 30.4 Å². The summed E-state index contributed by atoms with van der Waals surface area (Å²) < 4.78 is 22.9. The van der Waals surface area contributed by atoms with Crippen LogP contribution in [0.5, 0.6) is 0 Å². The summed E-state index contributed by atoms with van der Waals surface area (Å²) in [6, 6.07) is 9.16. The number of imide groups is 1. The molecule has 0 saturated carbocycles. The fourth-order valence-corrected chi connectivity index (χ4v) is 5.43. The van der Waals surface area contributed by atoms with E-state index >= 15 is 0 Å². The van der Waals surface area contributed by atoms with Gasteiger partial charge < -0.3 is 5.32 Å². The lowest BCUT2D eigenvalue weighted by molar-refractivity contribution is -0.124. The highest BCUT2D eigenvalue weighted by molar-refractivity contribution is 8.18. The minimum atomic E-state index is -3.08. The zero-order valence-corrected chi connectivity index (χ0v) is 16.7. The maximum absolute atomic E-state index is 12.4. The number of sulfone groups is 1. The summed E-state index contributed by atoms with van der Waals surface area (Å²) in [6.45, 7) is -0.0320. The Labute approximate surface area is 167 Å². The van der Waals surface area contributed by atoms with Crippen LogP contribution in [0.25, 0.3) is 6.08 Å². The van der Waals surface area contributed by atoms with E-state index in [1.54, 1.807) is 12.2 Å². The number of hydrogen-bond donors (Lipinski definition) is 1. The van der Waals surface area contributed by atoms with Crippen molar-refractivity contribution in [1.29, 1.82) is 0 Å². The van der Waals surface area contributed by atoms with E-state index in [4.69, 9.17) is 0 Å². The Balaban J connectivity index is 1.51. The Morgan fingerprint density at radius 3 is 2.68 bits per heavy atom. The first-order valence-corrected chi connectivity index (χ1v) is 11.4. The molecule has 1 aromatic carbocycles. The molecule has 7 nitrogen and oxygen atoms in total. The van der Waals surface area contributed by atoms with Gasteiger partial charge >= 0.3 is 0 Å². The second kappa shape index (κ2) is 8.74. The second-order valence-corrected chi connectivity index (χ2v) is 9.76. The highest BCUT2D eigenvalue weighted by atomic mass is 32.2. The molecule has 3 amide bonds. The van der Waals surface area contributed by atoms with E-state index < -0.39 is 27.0 Å². The molecule has 28 heavy (non-hydrogen) atoms. The molecule has 3 rings (SSSR count). The van der Waals surface area contributed by atoms with Gasteiger partial charge in [0, 0.05) is 19.0 Å². The maximum Gasteiger partial charge on any atom is 0.293 e. The standard InChI is InChI=1S/C19H20N2O5S2/c22-17(20-15-10-12-28(25,26)13-15)9-11-21-18(23)16(27-19(21)24)8-4-7-14-5-2-1-3-6-14/h1-8,15H,9-13H2,(H,20,22). The summed E-state index contributed by atoms with van der Waals surface area (Å²) in [5, 5.41) is 2.24. The Hall–Kier alpha value is -2.39. The molecule has 2 fully saturated rings. The van der Waals surface area contributed by atoms with Crippen LogP contribution < -0.4 is 5.32 Å². The van der Waals surface area contributed by atoms with E-state index in [1.165, 1.54) is 0 Å². The van der Waals surface area contributed by atoms with Crippen molar-refractivity contribution >= 4 is 44.7 Å². The molecule has 2 aliphatic rings. The number of benzene rings is 1.